The molecule has 1 heterocycles. The van der Waals surface area contributed by atoms with Gasteiger partial charge in [-0.1, -0.05) is 0 Å². The molecule has 0 aliphatic rings. The number of benzene rings is 1. The molecular weight excluding hydrogens is 311 g/mol. The van der Waals surface area contributed by atoms with Crippen LogP contribution in [0.25, 0.3) is 0 Å². The van der Waals surface area contributed by atoms with Gasteiger partial charge in [0.25, 0.3) is 0 Å². The number of furan rings is 1. The van der Waals surface area contributed by atoms with Crippen LogP contribution < -0.4 is 5.32 Å². The van der Waals surface area contributed by atoms with Gasteiger partial charge in [0, 0.05) is 11.8 Å². The Morgan fingerprint density at radius 1 is 1.50 bits per heavy atom. The van der Waals surface area contributed by atoms with E-state index in [1.807, 2.05) is 0 Å². The molecule has 0 saturated carbocycles. The fraction of sp³-hybridized carbons (Fsp3) is 0.214. The molecule has 0 saturated heterocycles. The van der Waals surface area contributed by atoms with Crippen LogP contribution >= 0.6 is 11.8 Å². The van der Waals surface area contributed by atoms with Gasteiger partial charge < -0.3 is 9.73 Å². The van der Waals surface area contributed by atoms with E-state index in [0.717, 1.165) is 17.9 Å². The first-order valence-corrected chi connectivity index (χ1v) is 7.41. The largest absolute Gasteiger partial charge is 0.468 e. The number of rotatable bonds is 6. The topological polar surface area (TPSA) is 85.4 Å². The van der Waals surface area contributed by atoms with Crippen molar-refractivity contribution in [2.45, 2.75) is 17.9 Å². The van der Waals surface area contributed by atoms with Gasteiger partial charge in [-0.2, -0.15) is 4.39 Å². The number of hydrogen-bond acceptors (Lipinski definition) is 5. The average molecular weight is 324 g/mol. The van der Waals surface area contributed by atoms with Gasteiger partial charge in [-0.3, -0.25) is 14.9 Å². The molecule has 0 radical (unpaired) electrons. The van der Waals surface area contributed by atoms with Crippen molar-refractivity contribution in [2.24, 2.45) is 0 Å². The van der Waals surface area contributed by atoms with E-state index in [-0.39, 0.29) is 11.6 Å². The average Bonchev–Trinajstić information content (AvgIpc) is 2.99. The molecule has 1 atom stereocenters. The maximum absolute atomic E-state index is 13.2. The highest BCUT2D eigenvalue weighted by atomic mass is 32.2. The highest BCUT2D eigenvalue weighted by molar-refractivity contribution is 7.99. The van der Waals surface area contributed by atoms with E-state index < -0.39 is 21.7 Å². The highest BCUT2D eigenvalue weighted by Gasteiger charge is 2.18. The third-order valence-corrected chi connectivity index (χ3v) is 4.00. The minimum Gasteiger partial charge on any atom is -0.468 e. The number of carbonyl (C=O) groups is 1. The molecule has 6 nitrogen and oxygen atoms in total. The van der Waals surface area contributed by atoms with Crippen molar-refractivity contribution in [1.29, 1.82) is 0 Å². The van der Waals surface area contributed by atoms with Gasteiger partial charge in [-0.15, -0.1) is 11.8 Å². The standard InChI is InChI=1S/C14H13FN2O4S/c1-9(22-8-11-3-2-6-21-11)14(18)16-10-4-5-12(15)13(7-10)17(19)20/h2-7,9H,8H2,1H3,(H,16,18)/t9-/m1/s1. The molecule has 22 heavy (non-hydrogen) atoms. The zero-order valence-electron chi connectivity index (χ0n) is 11.6. The second kappa shape index (κ2) is 7.08. The monoisotopic (exact) mass is 324 g/mol. The van der Waals surface area contributed by atoms with Crippen molar-refractivity contribution < 1.29 is 18.5 Å². The van der Waals surface area contributed by atoms with E-state index in [4.69, 9.17) is 4.42 Å². The number of nitro groups is 1. The number of nitrogens with one attached hydrogen (secondary N) is 1. The Hall–Kier alpha value is -2.35. The number of amides is 1. The molecule has 0 spiro atoms. The summed E-state index contributed by atoms with van der Waals surface area (Å²) in [5.41, 5.74) is -0.489. The molecule has 116 valence electrons. The van der Waals surface area contributed by atoms with Gasteiger partial charge in [-0.05, 0) is 31.2 Å². The van der Waals surface area contributed by atoms with Crippen molar-refractivity contribution in [3.63, 3.8) is 0 Å². The maximum Gasteiger partial charge on any atom is 0.306 e. The minimum atomic E-state index is -0.941. The molecule has 1 N–H and O–H groups in total. The molecule has 1 amide bonds. The van der Waals surface area contributed by atoms with Crippen LogP contribution in [-0.4, -0.2) is 16.1 Å². The maximum atomic E-state index is 13.2. The lowest BCUT2D eigenvalue weighted by Crippen LogP contribution is -2.22. The van der Waals surface area contributed by atoms with Crippen molar-refractivity contribution >= 4 is 29.0 Å². The zero-order chi connectivity index (χ0) is 16.1. The predicted molar refractivity (Wildman–Crippen MR) is 81.1 cm³/mol. The van der Waals surface area contributed by atoms with Gasteiger partial charge in [0.1, 0.15) is 5.76 Å². The quantitative estimate of drug-likeness (QED) is 0.648. The first-order chi connectivity index (χ1) is 10.5. The number of nitro benzene ring substituents is 1. The summed E-state index contributed by atoms with van der Waals surface area (Å²) in [6, 6.07) is 6.80. The van der Waals surface area contributed by atoms with Crippen LogP contribution in [0, 0.1) is 15.9 Å². The Morgan fingerprint density at radius 3 is 2.91 bits per heavy atom. The Morgan fingerprint density at radius 2 is 2.27 bits per heavy atom. The molecule has 1 aromatic carbocycles. The van der Waals surface area contributed by atoms with E-state index >= 15 is 0 Å². The van der Waals surface area contributed by atoms with Gasteiger partial charge in [0.15, 0.2) is 0 Å². The number of hydrogen-bond donors (Lipinski definition) is 1. The van der Waals surface area contributed by atoms with Crippen LogP contribution in [0.15, 0.2) is 41.0 Å². The minimum absolute atomic E-state index is 0.184. The summed E-state index contributed by atoms with van der Waals surface area (Å²) in [4.78, 5) is 21.8. The lowest BCUT2D eigenvalue weighted by Gasteiger charge is -2.11. The first-order valence-electron chi connectivity index (χ1n) is 6.36. The third kappa shape index (κ3) is 4.08. The summed E-state index contributed by atoms with van der Waals surface area (Å²) in [6.07, 6.45) is 1.55. The predicted octanol–water partition coefficient (Wildman–Crippen LogP) is 3.59. The van der Waals surface area contributed by atoms with Crippen LogP contribution in [0.5, 0.6) is 0 Å². The molecule has 2 rings (SSSR count). The van der Waals surface area contributed by atoms with Crippen molar-refractivity contribution in [2.75, 3.05) is 5.32 Å². The second-order valence-corrected chi connectivity index (χ2v) is 5.77. The Balaban J connectivity index is 1.96. The number of carbonyl (C=O) groups excluding carboxylic acids is 1. The van der Waals surface area contributed by atoms with E-state index in [1.54, 1.807) is 25.3 Å². The summed E-state index contributed by atoms with van der Waals surface area (Å²) in [6.45, 7) is 1.71. The van der Waals surface area contributed by atoms with E-state index in [2.05, 4.69) is 5.32 Å². The molecule has 1 aromatic heterocycles. The molecule has 0 unspecified atom stereocenters. The number of halogens is 1. The SMILES string of the molecule is C[C@@H](SCc1ccco1)C(=O)Nc1ccc(F)c([N+](=O)[O-])c1. The van der Waals surface area contributed by atoms with Gasteiger partial charge in [0.2, 0.25) is 11.7 Å². The van der Waals surface area contributed by atoms with Crippen LogP contribution in [0.4, 0.5) is 15.8 Å². The molecule has 0 aliphatic carbocycles. The smallest absolute Gasteiger partial charge is 0.306 e. The molecule has 0 fully saturated rings. The fourth-order valence-electron chi connectivity index (χ4n) is 1.65. The van der Waals surface area contributed by atoms with Crippen molar-refractivity contribution in [3.8, 4) is 0 Å². The molecular formula is C14H13FN2O4S. The number of nitrogens with zero attached hydrogens (tertiary/aromatic N) is 1. The summed E-state index contributed by atoms with van der Waals surface area (Å²) in [5.74, 6) is 0.0216. The Kier molecular flexibility index (Phi) is 5.16. The van der Waals surface area contributed by atoms with Gasteiger partial charge in [0.05, 0.1) is 22.2 Å². The lowest BCUT2D eigenvalue weighted by molar-refractivity contribution is -0.387. The van der Waals surface area contributed by atoms with Crippen LogP contribution in [0.2, 0.25) is 0 Å². The van der Waals surface area contributed by atoms with Gasteiger partial charge in [-0.25, -0.2) is 0 Å². The van der Waals surface area contributed by atoms with Crippen LogP contribution in [-0.2, 0) is 10.5 Å². The summed E-state index contributed by atoms with van der Waals surface area (Å²) in [5, 5.41) is 12.8. The third-order valence-electron chi connectivity index (χ3n) is 2.84. The van der Waals surface area contributed by atoms with Gasteiger partial charge >= 0.3 is 5.69 Å². The zero-order valence-corrected chi connectivity index (χ0v) is 12.4. The van der Waals surface area contributed by atoms with Crippen molar-refractivity contribution in [3.05, 3.63) is 58.3 Å². The lowest BCUT2D eigenvalue weighted by atomic mass is 10.2. The first kappa shape index (κ1) is 16.0. The van der Waals surface area contributed by atoms with E-state index in [1.165, 1.54) is 17.8 Å². The highest BCUT2D eigenvalue weighted by Crippen LogP contribution is 2.23. The van der Waals surface area contributed by atoms with Crippen LogP contribution in [0.1, 0.15) is 12.7 Å². The van der Waals surface area contributed by atoms with E-state index in [9.17, 15) is 19.3 Å². The van der Waals surface area contributed by atoms with E-state index in [0.29, 0.717) is 5.75 Å². The number of anilines is 1. The number of thioether (sulfide) groups is 1. The normalized spacial score (nSPS) is 11.9. The second-order valence-electron chi connectivity index (χ2n) is 4.45. The molecule has 0 aliphatic heterocycles. The summed E-state index contributed by atoms with van der Waals surface area (Å²) >= 11 is 1.36. The summed E-state index contributed by atoms with van der Waals surface area (Å²) in [7, 11) is 0. The Labute approximate surface area is 129 Å². The van der Waals surface area contributed by atoms with Crippen LogP contribution in [0.3, 0.4) is 0 Å². The molecule has 2 aromatic rings. The summed E-state index contributed by atoms with van der Waals surface area (Å²) < 4.78 is 18.4. The molecule has 8 heteroatoms. The molecule has 0 bridgehead atoms. The Bertz CT molecular complexity index is 675. The fourth-order valence-corrected chi connectivity index (χ4v) is 2.44. The van der Waals surface area contributed by atoms with Crippen molar-refractivity contribution in [1.82, 2.24) is 0 Å².